The predicted octanol–water partition coefficient (Wildman–Crippen LogP) is 3.82. The Labute approximate surface area is 200 Å². The average molecular weight is 477 g/mol. The van der Waals surface area contributed by atoms with Crippen LogP contribution in [0.5, 0.6) is 5.75 Å². The van der Waals surface area contributed by atoms with Crippen molar-refractivity contribution in [3.8, 4) is 5.75 Å². The molecule has 0 saturated heterocycles. The van der Waals surface area contributed by atoms with Crippen LogP contribution in [0.3, 0.4) is 0 Å². The second-order valence-corrected chi connectivity index (χ2v) is 8.89. The number of thioether (sulfide) groups is 1. The zero-order chi connectivity index (χ0) is 22.8. The molecule has 0 radical (unpaired) electrons. The van der Waals surface area contributed by atoms with Crippen LogP contribution in [0.15, 0.2) is 82.9 Å². The van der Waals surface area contributed by atoms with E-state index in [-0.39, 0.29) is 5.91 Å². The van der Waals surface area contributed by atoms with Crippen LogP contribution in [-0.4, -0.2) is 22.7 Å². The number of hydrogen-bond donors (Lipinski definition) is 1. The Balaban J connectivity index is 1.54. The van der Waals surface area contributed by atoms with Crippen molar-refractivity contribution in [3.63, 3.8) is 0 Å². The minimum atomic E-state index is -0.479. The van der Waals surface area contributed by atoms with Crippen LogP contribution < -0.4 is 20.6 Å². The molecule has 0 saturated carbocycles. The maximum Gasteiger partial charge on any atom is 0.276 e. The monoisotopic (exact) mass is 476 g/mol. The summed E-state index contributed by atoms with van der Waals surface area (Å²) in [4.78, 5) is 18.2. The fourth-order valence-electron chi connectivity index (χ4n) is 3.77. The quantitative estimate of drug-likeness (QED) is 0.608. The SMILES string of the molecule is CCOc1cccc(C2N=c3ccccc3=C3C(=O)NC(SCc4ccc(Cl)cc4)=NN32)c1. The molecule has 0 bridgehead atoms. The molecule has 166 valence electrons. The third kappa shape index (κ3) is 4.47. The van der Waals surface area contributed by atoms with Crippen molar-refractivity contribution in [3.05, 3.63) is 99.5 Å². The van der Waals surface area contributed by atoms with E-state index in [9.17, 15) is 4.79 Å². The van der Waals surface area contributed by atoms with Gasteiger partial charge in [0.2, 0.25) is 0 Å². The lowest BCUT2D eigenvalue weighted by Crippen LogP contribution is -2.50. The zero-order valence-electron chi connectivity index (χ0n) is 17.9. The van der Waals surface area contributed by atoms with Crippen LogP contribution in [0, 0.1) is 0 Å². The Bertz CT molecular complexity index is 1360. The van der Waals surface area contributed by atoms with Crippen LogP contribution in [0.1, 0.15) is 24.2 Å². The fourth-order valence-corrected chi connectivity index (χ4v) is 4.71. The summed E-state index contributed by atoms with van der Waals surface area (Å²) in [5, 5.41) is 12.2. The molecule has 0 aliphatic carbocycles. The number of nitrogens with one attached hydrogen (secondary N) is 1. The number of carbonyl (C=O) groups is 1. The van der Waals surface area contributed by atoms with Crippen LogP contribution in [0.25, 0.3) is 5.70 Å². The number of halogens is 1. The van der Waals surface area contributed by atoms with E-state index < -0.39 is 6.17 Å². The van der Waals surface area contributed by atoms with Gasteiger partial charge in [0.15, 0.2) is 11.3 Å². The van der Waals surface area contributed by atoms with Gasteiger partial charge in [0.25, 0.3) is 5.91 Å². The average Bonchev–Trinajstić information content (AvgIpc) is 2.83. The smallest absolute Gasteiger partial charge is 0.276 e. The molecule has 2 aliphatic rings. The highest BCUT2D eigenvalue weighted by Crippen LogP contribution is 2.32. The molecule has 1 atom stereocenters. The topological polar surface area (TPSA) is 66.3 Å². The van der Waals surface area contributed by atoms with E-state index in [0.29, 0.717) is 28.2 Å². The molecule has 3 aromatic rings. The number of rotatable bonds is 5. The van der Waals surface area contributed by atoms with Gasteiger partial charge in [-0.2, -0.15) is 0 Å². The van der Waals surface area contributed by atoms with Crippen LogP contribution in [0.4, 0.5) is 0 Å². The number of benzene rings is 3. The Kier molecular flexibility index (Phi) is 6.07. The van der Waals surface area contributed by atoms with Gasteiger partial charge in [0.1, 0.15) is 11.4 Å². The Morgan fingerprint density at radius 1 is 1.09 bits per heavy atom. The highest BCUT2D eigenvalue weighted by atomic mass is 35.5. The second-order valence-electron chi connectivity index (χ2n) is 7.49. The number of hydrogen-bond acceptors (Lipinski definition) is 6. The third-order valence-corrected chi connectivity index (χ3v) is 6.46. The first kappa shape index (κ1) is 21.6. The Hall–Kier alpha value is -3.29. The van der Waals surface area contributed by atoms with E-state index in [1.54, 1.807) is 5.01 Å². The molecule has 33 heavy (non-hydrogen) atoms. The number of amides is 1. The Morgan fingerprint density at radius 2 is 1.91 bits per heavy atom. The van der Waals surface area contributed by atoms with Crippen molar-refractivity contribution in [2.45, 2.75) is 18.8 Å². The molecule has 3 aromatic carbocycles. The predicted molar refractivity (Wildman–Crippen MR) is 131 cm³/mol. The standard InChI is InChI=1S/C25H21ClN4O2S/c1-2-32-19-7-5-6-17(14-19)23-27-21-9-4-3-8-20(21)22-24(31)28-25(29-30(22)23)33-15-16-10-12-18(26)13-11-16/h3-14,23H,2,15H2,1H3,(H,28,29,31). The molecule has 0 fully saturated rings. The van der Waals surface area contributed by atoms with Gasteiger partial charge in [0, 0.05) is 21.6 Å². The minimum Gasteiger partial charge on any atom is -0.494 e. The summed E-state index contributed by atoms with van der Waals surface area (Å²) in [6.45, 7) is 2.52. The number of para-hydroxylation sites is 1. The lowest BCUT2D eigenvalue weighted by Gasteiger charge is -2.34. The first-order valence-electron chi connectivity index (χ1n) is 10.6. The van der Waals surface area contributed by atoms with Crippen molar-refractivity contribution < 1.29 is 9.53 Å². The summed E-state index contributed by atoms with van der Waals surface area (Å²) in [7, 11) is 0. The summed E-state index contributed by atoms with van der Waals surface area (Å²) < 4.78 is 5.69. The highest BCUT2D eigenvalue weighted by Gasteiger charge is 2.34. The summed E-state index contributed by atoms with van der Waals surface area (Å²) in [5.41, 5.74) is 2.47. The molecule has 2 heterocycles. The number of amidine groups is 1. The van der Waals surface area contributed by atoms with E-state index in [0.717, 1.165) is 27.5 Å². The number of fused-ring (bicyclic) bond motifs is 2. The molecule has 1 unspecified atom stereocenters. The fraction of sp³-hybridized carbons (Fsp3) is 0.160. The van der Waals surface area contributed by atoms with E-state index in [1.165, 1.54) is 11.8 Å². The molecule has 5 rings (SSSR count). The van der Waals surface area contributed by atoms with Crippen LogP contribution >= 0.6 is 23.4 Å². The normalized spacial score (nSPS) is 16.8. The number of nitrogens with zero attached hydrogens (tertiary/aromatic N) is 3. The lowest BCUT2D eigenvalue weighted by atomic mass is 10.1. The van der Waals surface area contributed by atoms with Crippen molar-refractivity contribution in [1.29, 1.82) is 0 Å². The second kappa shape index (κ2) is 9.29. The van der Waals surface area contributed by atoms with Crippen LogP contribution in [0.2, 0.25) is 5.02 Å². The molecular formula is C25H21ClN4O2S. The van der Waals surface area contributed by atoms with E-state index in [4.69, 9.17) is 26.4 Å². The van der Waals surface area contributed by atoms with Gasteiger partial charge in [-0.25, -0.2) is 5.01 Å². The number of carbonyl (C=O) groups excluding carboxylic acids is 1. The molecule has 0 aromatic heterocycles. The molecule has 8 heteroatoms. The highest BCUT2D eigenvalue weighted by molar-refractivity contribution is 8.13. The van der Waals surface area contributed by atoms with Gasteiger partial charge >= 0.3 is 0 Å². The van der Waals surface area contributed by atoms with Gasteiger partial charge < -0.3 is 4.74 Å². The summed E-state index contributed by atoms with van der Waals surface area (Å²) in [5.74, 6) is 1.21. The summed E-state index contributed by atoms with van der Waals surface area (Å²) in [6.07, 6.45) is -0.479. The molecular weight excluding hydrogens is 456 g/mol. The van der Waals surface area contributed by atoms with Crippen molar-refractivity contribution in [2.75, 3.05) is 6.61 Å². The maximum absolute atomic E-state index is 13.2. The van der Waals surface area contributed by atoms with E-state index >= 15 is 0 Å². The molecule has 6 nitrogen and oxygen atoms in total. The largest absolute Gasteiger partial charge is 0.494 e. The van der Waals surface area contributed by atoms with Crippen LogP contribution in [-0.2, 0) is 10.5 Å². The first-order chi connectivity index (χ1) is 16.1. The molecule has 0 spiro atoms. The Morgan fingerprint density at radius 3 is 2.73 bits per heavy atom. The van der Waals surface area contributed by atoms with Gasteiger partial charge in [-0.1, -0.05) is 65.8 Å². The van der Waals surface area contributed by atoms with E-state index in [1.807, 2.05) is 79.7 Å². The van der Waals surface area contributed by atoms with Gasteiger partial charge in [0.05, 0.1) is 12.0 Å². The van der Waals surface area contributed by atoms with Gasteiger partial charge in [-0.05, 0) is 42.8 Å². The van der Waals surface area contributed by atoms with Gasteiger partial charge in [-0.3, -0.25) is 15.1 Å². The number of hydrazone groups is 1. The van der Waals surface area contributed by atoms with E-state index in [2.05, 4.69) is 5.32 Å². The molecule has 1 amide bonds. The van der Waals surface area contributed by atoms with Crippen molar-refractivity contribution in [2.24, 2.45) is 10.1 Å². The van der Waals surface area contributed by atoms with Crippen molar-refractivity contribution >= 4 is 40.1 Å². The zero-order valence-corrected chi connectivity index (χ0v) is 19.4. The summed E-state index contributed by atoms with van der Waals surface area (Å²) >= 11 is 7.45. The lowest BCUT2D eigenvalue weighted by molar-refractivity contribution is -0.116. The number of ether oxygens (including phenoxy) is 1. The minimum absolute atomic E-state index is 0.197. The third-order valence-electron chi connectivity index (χ3n) is 5.27. The maximum atomic E-state index is 13.2. The first-order valence-corrected chi connectivity index (χ1v) is 11.9. The summed E-state index contributed by atoms with van der Waals surface area (Å²) in [6, 6.07) is 23.0. The molecule has 2 aliphatic heterocycles. The van der Waals surface area contributed by atoms with Crippen molar-refractivity contribution in [1.82, 2.24) is 10.3 Å². The molecule has 1 N–H and O–H groups in total. The van der Waals surface area contributed by atoms with Gasteiger partial charge in [-0.15, -0.1) is 5.10 Å².